The van der Waals surface area contributed by atoms with Gasteiger partial charge in [0.2, 0.25) is 5.91 Å². The maximum absolute atomic E-state index is 11.8. The van der Waals surface area contributed by atoms with Gasteiger partial charge >= 0.3 is 11.9 Å². The fourth-order valence-electron chi connectivity index (χ4n) is 1.78. The van der Waals surface area contributed by atoms with Crippen LogP contribution >= 0.6 is 0 Å². The summed E-state index contributed by atoms with van der Waals surface area (Å²) in [4.78, 5) is 33.1. The van der Waals surface area contributed by atoms with Crippen molar-refractivity contribution in [2.75, 3.05) is 0 Å². The molecule has 1 rings (SSSR count). The molecule has 0 unspecified atom stereocenters. The van der Waals surface area contributed by atoms with Crippen LogP contribution in [0.25, 0.3) is 0 Å². The van der Waals surface area contributed by atoms with Gasteiger partial charge in [-0.3, -0.25) is 9.59 Å². The predicted octanol–water partition coefficient (Wildman–Crippen LogP) is 0.972. The number of carboxylic acid groups (broad SMARTS) is 2. The van der Waals surface area contributed by atoms with E-state index in [4.69, 9.17) is 10.2 Å². The molecule has 1 amide bonds. The molecule has 0 saturated heterocycles. The van der Waals surface area contributed by atoms with E-state index < -0.39 is 23.9 Å². The van der Waals surface area contributed by atoms with Gasteiger partial charge in [-0.2, -0.15) is 0 Å². The Labute approximate surface area is 116 Å². The number of carbonyl (C=O) groups is 3. The highest BCUT2D eigenvalue weighted by Gasteiger charge is 2.20. The molecule has 0 bridgehead atoms. The van der Waals surface area contributed by atoms with Crippen LogP contribution in [0.2, 0.25) is 0 Å². The minimum atomic E-state index is -1.23. The molecule has 6 nitrogen and oxygen atoms in total. The lowest BCUT2D eigenvalue weighted by Gasteiger charge is -2.13. The number of carbonyl (C=O) groups excluding carboxylic acids is 1. The topological polar surface area (TPSA) is 104 Å². The highest BCUT2D eigenvalue weighted by atomic mass is 16.4. The largest absolute Gasteiger partial charge is 0.481 e. The van der Waals surface area contributed by atoms with E-state index in [-0.39, 0.29) is 19.3 Å². The lowest BCUT2D eigenvalue weighted by atomic mass is 10.1. The molecule has 0 aliphatic rings. The Kier molecular flexibility index (Phi) is 5.71. The first kappa shape index (κ1) is 15.7. The maximum atomic E-state index is 11.8. The maximum Gasteiger partial charge on any atom is 0.326 e. The normalized spacial score (nSPS) is 11.7. The first-order valence-electron chi connectivity index (χ1n) is 6.18. The molecule has 0 spiro atoms. The zero-order valence-electron chi connectivity index (χ0n) is 11.1. The van der Waals surface area contributed by atoms with Crippen molar-refractivity contribution in [2.24, 2.45) is 0 Å². The first-order valence-corrected chi connectivity index (χ1v) is 6.18. The number of hydrogen-bond acceptors (Lipinski definition) is 3. The van der Waals surface area contributed by atoms with Crippen molar-refractivity contribution in [3.05, 3.63) is 35.4 Å². The molecule has 6 heteroatoms. The van der Waals surface area contributed by atoms with Gasteiger partial charge in [0.1, 0.15) is 6.04 Å². The third kappa shape index (κ3) is 5.51. The monoisotopic (exact) mass is 279 g/mol. The Balaban J connectivity index is 2.57. The Morgan fingerprint density at radius 2 is 1.95 bits per heavy atom. The van der Waals surface area contributed by atoms with E-state index in [0.29, 0.717) is 0 Å². The van der Waals surface area contributed by atoms with E-state index in [1.807, 2.05) is 25.1 Å². The molecule has 0 fully saturated rings. The summed E-state index contributed by atoms with van der Waals surface area (Å²) < 4.78 is 0. The average molecular weight is 279 g/mol. The fraction of sp³-hybridized carbons (Fsp3) is 0.357. The molecular formula is C14H17NO5. The lowest BCUT2D eigenvalue weighted by Crippen LogP contribution is -2.41. The third-order valence-corrected chi connectivity index (χ3v) is 2.73. The number of rotatable bonds is 7. The molecule has 1 aromatic carbocycles. The van der Waals surface area contributed by atoms with Gasteiger partial charge < -0.3 is 15.5 Å². The SMILES string of the molecule is Cc1cccc(CC(=O)N[C@@H](CCC(=O)O)C(=O)O)c1. The second-order valence-corrected chi connectivity index (χ2v) is 4.56. The summed E-state index contributed by atoms with van der Waals surface area (Å²) in [6, 6.07) is 6.15. The zero-order chi connectivity index (χ0) is 15.1. The standard InChI is InChI=1S/C14H17NO5/c1-9-3-2-4-10(7-9)8-12(16)15-11(14(19)20)5-6-13(17)18/h2-4,7,11H,5-6,8H2,1H3,(H,15,16)(H,17,18)(H,19,20)/t11-/m0/s1. The van der Waals surface area contributed by atoms with Gasteiger partial charge in [-0.1, -0.05) is 29.8 Å². The summed E-state index contributed by atoms with van der Waals surface area (Å²) >= 11 is 0. The number of carboxylic acids is 2. The van der Waals surface area contributed by atoms with Gasteiger partial charge in [0.05, 0.1) is 6.42 Å². The Morgan fingerprint density at radius 3 is 2.50 bits per heavy atom. The van der Waals surface area contributed by atoms with E-state index in [0.717, 1.165) is 11.1 Å². The van der Waals surface area contributed by atoms with Gasteiger partial charge in [0.25, 0.3) is 0 Å². The summed E-state index contributed by atoms with van der Waals surface area (Å²) in [5.41, 5.74) is 1.79. The Bertz CT molecular complexity index is 512. The quantitative estimate of drug-likeness (QED) is 0.690. The third-order valence-electron chi connectivity index (χ3n) is 2.73. The smallest absolute Gasteiger partial charge is 0.326 e. The van der Waals surface area contributed by atoms with E-state index in [2.05, 4.69) is 5.32 Å². The van der Waals surface area contributed by atoms with Crippen LogP contribution in [-0.2, 0) is 20.8 Å². The van der Waals surface area contributed by atoms with Crippen molar-refractivity contribution in [3.63, 3.8) is 0 Å². The molecule has 0 aromatic heterocycles. The highest BCUT2D eigenvalue weighted by Crippen LogP contribution is 2.05. The van der Waals surface area contributed by atoms with Crippen LogP contribution in [0.1, 0.15) is 24.0 Å². The van der Waals surface area contributed by atoms with Crippen LogP contribution in [0.5, 0.6) is 0 Å². The summed E-state index contributed by atoms with van der Waals surface area (Å²) in [5.74, 6) is -2.76. The first-order chi connectivity index (χ1) is 9.38. The molecule has 0 radical (unpaired) electrons. The fourth-order valence-corrected chi connectivity index (χ4v) is 1.78. The predicted molar refractivity (Wildman–Crippen MR) is 71.3 cm³/mol. The summed E-state index contributed by atoms with van der Waals surface area (Å²) in [5, 5.41) is 19.8. The second-order valence-electron chi connectivity index (χ2n) is 4.56. The average Bonchev–Trinajstić information content (AvgIpc) is 2.33. The number of aliphatic carboxylic acids is 2. The van der Waals surface area contributed by atoms with Crippen LogP contribution in [0, 0.1) is 6.92 Å². The van der Waals surface area contributed by atoms with Gasteiger partial charge in [-0.15, -0.1) is 0 Å². The van der Waals surface area contributed by atoms with Crippen molar-refractivity contribution in [1.82, 2.24) is 5.32 Å². The lowest BCUT2D eigenvalue weighted by molar-refractivity contribution is -0.143. The van der Waals surface area contributed by atoms with Crippen molar-refractivity contribution in [1.29, 1.82) is 0 Å². The van der Waals surface area contributed by atoms with Crippen molar-refractivity contribution >= 4 is 17.8 Å². The van der Waals surface area contributed by atoms with Crippen LogP contribution in [0.3, 0.4) is 0 Å². The molecule has 0 saturated carbocycles. The minimum absolute atomic E-state index is 0.0680. The number of amides is 1. The Hall–Kier alpha value is -2.37. The highest BCUT2D eigenvalue weighted by molar-refractivity contribution is 5.85. The van der Waals surface area contributed by atoms with Crippen LogP contribution in [-0.4, -0.2) is 34.1 Å². The molecule has 1 atom stereocenters. The zero-order valence-corrected chi connectivity index (χ0v) is 11.1. The van der Waals surface area contributed by atoms with Crippen LogP contribution in [0.15, 0.2) is 24.3 Å². The van der Waals surface area contributed by atoms with E-state index in [9.17, 15) is 14.4 Å². The van der Waals surface area contributed by atoms with Gasteiger partial charge in [-0.25, -0.2) is 4.79 Å². The van der Waals surface area contributed by atoms with Crippen LogP contribution < -0.4 is 5.32 Å². The van der Waals surface area contributed by atoms with Crippen molar-refractivity contribution in [3.8, 4) is 0 Å². The molecule has 1 aromatic rings. The van der Waals surface area contributed by atoms with Gasteiger partial charge in [0.15, 0.2) is 0 Å². The van der Waals surface area contributed by atoms with Crippen LogP contribution in [0.4, 0.5) is 0 Å². The number of benzene rings is 1. The number of hydrogen-bond donors (Lipinski definition) is 3. The number of aryl methyl sites for hydroxylation is 1. The summed E-state index contributed by atoms with van der Waals surface area (Å²) in [6.45, 7) is 1.90. The van der Waals surface area contributed by atoms with E-state index in [1.165, 1.54) is 0 Å². The molecule has 3 N–H and O–H groups in total. The van der Waals surface area contributed by atoms with E-state index >= 15 is 0 Å². The molecule has 20 heavy (non-hydrogen) atoms. The molecule has 0 aliphatic carbocycles. The minimum Gasteiger partial charge on any atom is -0.481 e. The molecular weight excluding hydrogens is 262 g/mol. The van der Waals surface area contributed by atoms with Crippen molar-refractivity contribution in [2.45, 2.75) is 32.2 Å². The van der Waals surface area contributed by atoms with Gasteiger partial charge in [0, 0.05) is 6.42 Å². The van der Waals surface area contributed by atoms with Crippen molar-refractivity contribution < 1.29 is 24.6 Å². The Morgan fingerprint density at radius 1 is 1.25 bits per heavy atom. The molecule has 0 aliphatic heterocycles. The second kappa shape index (κ2) is 7.28. The summed E-state index contributed by atoms with van der Waals surface area (Å²) in [7, 11) is 0. The molecule has 0 heterocycles. The molecule has 108 valence electrons. The number of nitrogens with one attached hydrogen (secondary N) is 1. The van der Waals surface area contributed by atoms with E-state index in [1.54, 1.807) is 6.07 Å². The summed E-state index contributed by atoms with van der Waals surface area (Å²) in [6.07, 6.45) is -0.371. The van der Waals surface area contributed by atoms with Gasteiger partial charge in [-0.05, 0) is 18.9 Å².